The van der Waals surface area contributed by atoms with Crippen LogP contribution in [-0.4, -0.2) is 53.5 Å². The van der Waals surface area contributed by atoms with Gasteiger partial charge >= 0.3 is 6.09 Å². The highest BCUT2D eigenvalue weighted by atomic mass is 16.5. The normalized spacial score (nSPS) is 31.1. The van der Waals surface area contributed by atoms with E-state index in [0.717, 1.165) is 13.1 Å². The maximum absolute atomic E-state index is 11.0. The number of carboxylic acid groups (broad SMARTS) is 1. The Labute approximate surface area is 87.1 Å². The topological polar surface area (TPSA) is 65.0 Å². The van der Waals surface area contributed by atoms with E-state index >= 15 is 0 Å². The molecule has 0 aliphatic carbocycles. The van der Waals surface area contributed by atoms with Gasteiger partial charge in [0, 0.05) is 25.8 Å². The summed E-state index contributed by atoms with van der Waals surface area (Å²) in [5.74, 6) is 0. The second-order valence-electron chi connectivity index (χ2n) is 4.35. The summed E-state index contributed by atoms with van der Waals surface area (Å²) in [7, 11) is 0. The Hall–Kier alpha value is -1.43. The van der Waals surface area contributed by atoms with E-state index in [2.05, 4.69) is 5.32 Å². The molecular weight excluding hydrogens is 198 g/mol. The molecule has 1 amide bonds. The third kappa shape index (κ3) is 1.05. The summed E-state index contributed by atoms with van der Waals surface area (Å²) in [5, 5.41) is 12.2. The van der Waals surface area contributed by atoms with E-state index in [-0.39, 0.29) is 11.6 Å². The Morgan fingerprint density at radius 3 is 2.87 bits per heavy atom. The molecule has 3 heterocycles. The van der Waals surface area contributed by atoms with Gasteiger partial charge in [-0.25, -0.2) is 4.79 Å². The summed E-state index contributed by atoms with van der Waals surface area (Å²) in [5.41, 5.74) is 0.108. The first-order chi connectivity index (χ1) is 7.23. The van der Waals surface area contributed by atoms with E-state index in [0.29, 0.717) is 13.3 Å². The zero-order valence-corrected chi connectivity index (χ0v) is 8.22. The monoisotopic (exact) mass is 211 g/mol. The van der Waals surface area contributed by atoms with Gasteiger partial charge in [0.15, 0.2) is 6.73 Å². The maximum Gasteiger partial charge on any atom is 0.408 e. The highest BCUT2D eigenvalue weighted by molar-refractivity contribution is 5.67. The van der Waals surface area contributed by atoms with Crippen LogP contribution in [0.5, 0.6) is 0 Å². The molecule has 3 aliphatic heterocycles. The number of hydrogen-bond donors (Lipinski definition) is 2. The average molecular weight is 211 g/mol. The number of amides is 1. The molecule has 3 rings (SSSR count). The standard InChI is InChI=1S/C9H13N3O3/c13-8(14)12-5-9(3-10-4-9)7(12)11-1-2-15-6-11/h1-2,7,10H,3-6H2,(H,13,14). The van der Waals surface area contributed by atoms with Gasteiger partial charge in [0.05, 0.1) is 5.41 Å². The number of nitrogens with one attached hydrogen (secondary N) is 1. The first-order valence-corrected chi connectivity index (χ1v) is 4.97. The molecule has 0 aromatic carbocycles. The first-order valence-electron chi connectivity index (χ1n) is 4.97. The van der Waals surface area contributed by atoms with Gasteiger partial charge in [0.2, 0.25) is 0 Å². The largest absolute Gasteiger partial charge is 0.479 e. The van der Waals surface area contributed by atoms with E-state index in [1.807, 2.05) is 11.1 Å². The molecule has 1 spiro atoms. The van der Waals surface area contributed by atoms with Gasteiger partial charge in [0.1, 0.15) is 12.4 Å². The predicted octanol–water partition coefficient (Wildman–Crippen LogP) is -0.343. The number of hydrogen-bond acceptors (Lipinski definition) is 4. The number of rotatable bonds is 1. The number of carbonyl (C=O) groups is 1. The number of nitrogens with zero attached hydrogens (tertiary/aromatic N) is 2. The summed E-state index contributed by atoms with van der Waals surface area (Å²) in [6.07, 6.45) is 2.52. The zero-order chi connectivity index (χ0) is 10.5. The van der Waals surface area contributed by atoms with Gasteiger partial charge in [0.25, 0.3) is 0 Å². The Morgan fingerprint density at radius 2 is 2.40 bits per heavy atom. The highest BCUT2D eigenvalue weighted by Gasteiger charge is 2.60. The van der Waals surface area contributed by atoms with Crippen LogP contribution < -0.4 is 5.32 Å². The van der Waals surface area contributed by atoms with Crippen molar-refractivity contribution in [3.63, 3.8) is 0 Å². The molecule has 1 unspecified atom stereocenters. The second kappa shape index (κ2) is 2.79. The molecular formula is C9H13N3O3. The van der Waals surface area contributed by atoms with Crippen LogP contribution in [0.4, 0.5) is 4.79 Å². The minimum atomic E-state index is -0.849. The van der Waals surface area contributed by atoms with Gasteiger partial charge in [-0.05, 0) is 0 Å². The van der Waals surface area contributed by atoms with Crippen molar-refractivity contribution in [2.45, 2.75) is 6.17 Å². The molecule has 1 atom stereocenters. The smallest absolute Gasteiger partial charge is 0.408 e. The maximum atomic E-state index is 11.0. The van der Waals surface area contributed by atoms with Crippen molar-refractivity contribution in [3.05, 3.63) is 12.5 Å². The lowest BCUT2D eigenvalue weighted by Gasteiger charge is -2.62. The lowest BCUT2D eigenvalue weighted by atomic mass is 9.70. The van der Waals surface area contributed by atoms with Gasteiger partial charge in [-0.15, -0.1) is 0 Å². The van der Waals surface area contributed by atoms with Gasteiger partial charge in [-0.1, -0.05) is 0 Å². The summed E-state index contributed by atoms with van der Waals surface area (Å²) in [6, 6.07) is 0. The van der Waals surface area contributed by atoms with Crippen LogP contribution in [0.2, 0.25) is 0 Å². The van der Waals surface area contributed by atoms with E-state index in [4.69, 9.17) is 9.84 Å². The minimum Gasteiger partial charge on any atom is -0.479 e. The predicted molar refractivity (Wildman–Crippen MR) is 50.8 cm³/mol. The highest BCUT2D eigenvalue weighted by Crippen LogP contribution is 2.43. The van der Waals surface area contributed by atoms with E-state index in [1.54, 1.807) is 6.26 Å². The van der Waals surface area contributed by atoms with Crippen LogP contribution in [-0.2, 0) is 4.74 Å². The fourth-order valence-corrected chi connectivity index (χ4v) is 2.61. The molecule has 0 bridgehead atoms. The van der Waals surface area contributed by atoms with Gasteiger partial charge < -0.3 is 20.1 Å². The third-order valence-electron chi connectivity index (χ3n) is 3.41. The van der Waals surface area contributed by atoms with Crippen LogP contribution in [0.1, 0.15) is 0 Å². The van der Waals surface area contributed by atoms with Crippen molar-refractivity contribution in [2.24, 2.45) is 5.41 Å². The quantitative estimate of drug-likeness (QED) is 0.621. The van der Waals surface area contributed by atoms with Crippen molar-refractivity contribution < 1.29 is 14.6 Å². The summed E-state index contributed by atoms with van der Waals surface area (Å²) >= 11 is 0. The Kier molecular flexibility index (Phi) is 1.64. The van der Waals surface area contributed by atoms with Crippen LogP contribution in [0.25, 0.3) is 0 Å². The molecule has 0 aromatic heterocycles. The second-order valence-corrected chi connectivity index (χ2v) is 4.35. The molecule has 2 saturated heterocycles. The van der Waals surface area contributed by atoms with E-state index in [9.17, 15) is 4.79 Å². The average Bonchev–Trinajstić information content (AvgIpc) is 2.51. The Morgan fingerprint density at radius 1 is 1.60 bits per heavy atom. The lowest BCUT2D eigenvalue weighted by Crippen LogP contribution is -2.80. The molecule has 0 radical (unpaired) electrons. The fourth-order valence-electron chi connectivity index (χ4n) is 2.61. The SMILES string of the molecule is O=C(O)N1CC2(CNC2)C1N1C=COC1. The number of likely N-dealkylation sites (tertiary alicyclic amines) is 1. The molecule has 3 aliphatic rings. The van der Waals surface area contributed by atoms with Crippen molar-refractivity contribution in [3.8, 4) is 0 Å². The lowest BCUT2D eigenvalue weighted by molar-refractivity contribution is -0.155. The van der Waals surface area contributed by atoms with E-state index in [1.165, 1.54) is 4.90 Å². The molecule has 82 valence electrons. The van der Waals surface area contributed by atoms with Gasteiger partial charge in [-0.2, -0.15) is 0 Å². The molecule has 0 aromatic rings. The third-order valence-corrected chi connectivity index (χ3v) is 3.41. The van der Waals surface area contributed by atoms with Crippen molar-refractivity contribution in [1.82, 2.24) is 15.1 Å². The molecule has 2 fully saturated rings. The molecule has 0 saturated carbocycles. The molecule has 6 heteroatoms. The Balaban J connectivity index is 1.80. The van der Waals surface area contributed by atoms with Crippen LogP contribution >= 0.6 is 0 Å². The van der Waals surface area contributed by atoms with E-state index < -0.39 is 6.09 Å². The van der Waals surface area contributed by atoms with Crippen LogP contribution in [0, 0.1) is 5.41 Å². The molecule has 15 heavy (non-hydrogen) atoms. The first kappa shape index (κ1) is 8.84. The molecule has 2 N–H and O–H groups in total. The number of ether oxygens (including phenoxy) is 1. The summed E-state index contributed by atoms with van der Waals surface area (Å²) < 4.78 is 5.11. The molecule has 6 nitrogen and oxygen atoms in total. The summed E-state index contributed by atoms with van der Waals surface area (Å²) in [4.78, 5) is 14.4. The van der Waals surface area contributed by atoms with Gasteiger partial charge in [-0.3, -0.25) is 4.90 Å². The Bertz CT molecular complexity index is 325. The summed E-state index contributed by atoms with van der Waals surface area (Å²) in [6.45, 7) is 2.87. The zero-order valence-electron chi connectivity index (χ0n) is 8.22. The van der Waals surface area contributed by atoms with Crippen molar-refractivity contribution >= 4 is 6.09 Å². The van der Waals surface area contributed by atoms with Crippen molar-refractivity contribution in [1.29, 1.82) is 0 Å². The van der Waals surface area contributed by atoms with Crippen LogP contribution in [0.3, 0.4) is 0 Å². The van der Waals surface area contributed by atoms with Crippen LogP contribution in [0.15, 0.2) is 12.5 Å². The fraction of sp³-hybridized carbons (Fsp3) is 0.667. The minimum absolute atomic E-state index is 0.0602. The van der Waals surface area contributed by atoms with Crippen molar-refractivity contribution in [2.75, 3.05) is 26.4 Å².